The number of halogens is 1. The van der Waals surface area contributed by atoms with Crippen molar-refractivity contribution in [2.24, 2.45) is 5.11 Å². The van der Waals surface area contributed by atoms with Crippen LogP contribution in [0.4, 0.5) is 0 Å². The highest BCUT2D eigenvalue weighted by atomic mass is 79.9. The van der Waals surface area contributed by atoms with Gasteiger partial charge in [-0.15, -0.1) is 11.3 Å². The van der Waals surface area contributed by atoms with Gasteiger partial charge >= 0.3 is 0 Å². The lowest BCUT2D eigenvalue weighted by atomic mass is 10.7. The molecule has 0 radical (unpaired) electrons. The van der Waals surface area contributed by atoms with E-state index in [0.717, 1.165) is 11.3 Å². The maximum Gasteiger partial charge on any atom is 0.277 e. The number of amides is 1. The van der Waals surface area contributed by atoms with Gasteiger partial charge in [0.2, 0.25) is 0 Å². The number of aromatic nitrogens is 1. The second-order valence-electron chi connectivity index (χ2n) is 1.47. The summed E-state index contributed by atoms with van der Waals surface area (Å²) in [4.78, 5) is 16.9. The summed E-state index contributed by atoms with van der Waals surface area (Å²) in [7, 11) is 0. The standard InChI is InChI=1S/C4HBrN4OS/c5-2-1-11-4(7-2)3(10)8-9-6/h1H. The molecule has 5 nitrogen and oxygen atoms in total. The highest BCUT2D eigenvalue weighted by Gasteiger charge is 2.06. The molecule has 1 rings (SSSR count). The van der Waals surface area contributed by atoms with E-state index in [2.05, 4.69) is 30.9 Å². The molecule has 0 spiro atoms. The largest absolute Gasteiger partial charge is 0.284 e. The molecule has 0 saturated heterocycles. The number of thiazole rings is 1. The molecule has 56 valence electrons. The third-order valence-corrected chi connectivity index (χ3v) is 2.33. The molecule has 0 aliphatic heterocycles. The number of nitrogens with zero attached hydrogens (tertiary/aromatic N) is 4. The number of azide groups is 1. The maximum absolute atomic E-state index is 10.8. The summed E-state index contributed by atoms with van der Waals surface area (Å²) in [6, 6.07) is 0. The zero-order chi connectivity index (χ0) is 8.27. The molecular formula is C4HBrN4OS. The third kappa shape index (κ3) is 2.01. The molecule has 0 saturated carbocycles. The van der Waals surface area contributed by atoms with Crippen molar-refractivity contribution in [3.8, 4) is 0 Å². The van der Waals surface area contributed by atoms with Crippen LogP contribution in [0.2, 0.25) is 0 Å². The second kappa shape index (κ2) is 3.47. The lowest BCUT2D eigenvalue weighted by molar-refractivity contribution is 0.1000. The first-order valence-corrected chi connectivity index (χ1v) is 4.12. The van der Waals surface area contributed by atoms with Crippen molar-refractivity contribution in [3.05, 3.63) is 25.4 Å². The molecule has 0 unspecified atom stereocenters. The van der Waals surface area contributed by atoms with Crippen molar-refractivity contribution in [3.63, 3.8) is 0 Å². The van der Waals surface area contributed by atoms with E-state index in [4.69, 9.17) is 5.53 Å². The van der Waals surface area contributed by atoms with E-state index in [9.17, 15) is 4.79 Å². The fraction of sp³-hybridized carbons (Fsp3) is 0. The van der Waals surface area contributed by atoms with Crippen molar-refractivity contribution in [1.82, 2.24) is 4.98 Å². The second-order valence-corrected chi connectivity index (χ2v) is 3.14. The van der Waals surface area contributed by atoms with Gasteiger partial charge in [-0.2, -0.15) is 0 Å². The summed E-state index contributed by atoms with van der Waals surface area (Å²) in [6.45, 7) is 0. The Labute approximate surface area is 73.8 Å². The molecule has 0 aromatic carbocycles. The summed E-state index contributed by atoms with van der Waals surface area (Å²) in [5, 5.41) is 4.71. The minimum absolute atomic E-state index is 0.190. The Morgan fingerprint density at radius 1 is 1.91 bits per heavy atom. The van der Waals surface area contributed by atoms with Crippen LogP contribution in [-0.2, 0) is 0 Å². The zero-order valence-corrected chi connectivity index (χ0v) is 7.46. The Morgan fingerprint density at radius 2 is 2.64 bits per heavy atom. The van der Waals surface area contributed by atoms with E-state index >= 15 is 0 Å². The van der Waals surface area contributed by atoms with Crippen molar-refractivity contribution in [1.29, 1.82) is 0 Å². The van der Waals surface area contributed by atoms with Gasteiger partial charge in [-0.05, 0) is 26.6 Å². The first-order chi connectivity index (χ1) is 5.24. The highest BCUT2D eigenvalue weighted by Crippen LogP contribution is 2.15. The van der Waals surface area contributed by atoms with Crippen molar-refractivity contribution >= 4 is 33.2 Å². The van der Waals surface area contributed by atoms with Gasteiger partial charge in [0.25, 0.3) is 5.91 Å². The van der Waals surface area contributed by atoms with Crippen LogP contribution in [0.3, 0.4) is 0 Å². The van der Waals surface area contributed by atoms with E-state index in [0.29, 0.717) is 4.60 Å². The number of hydrogen-bond donors (Lipinski definition) is 0. The summed E-state index contributed by atoms with van der Waals surface area (Å²) in [6.07, 6.45) is 0. The van der Waals surface area contributed by atoms with Gasteiger partial charge in [-0.3, -0.25) is 4.79 Å². The Hall–Kier alpha value is -0.910. The SMILES string of the molecule is [N-]=[N+]=NC(=O)c1nc(Br)cs1. The van der Waals surface area contributed by atoms with Crippen LogP contribution in [0.25, 0.3) is 10.4 Å². The van der Waals surface area contributed by atoms with Gasteiger partial charge in [0, 0.05) is 10.3 Å². The summed E-state index contributed by atoms with van der Waals surface area (Å²) in [5.41, 5.74) is 7.91. The highest BCUT2D eigenvalue weighted by molar-refractivity contribution is 9.10. The first-order valence-electron chi connectivity index (χ1n) is 2.44. The molecule has 0 N–H and O–H groups in total. The zero-order valence-electron chi connectivity index (χ0n) is 5.06. The molecule has 1 amide bonds. The third-order valence-electron chi connectivity index (χ3n) is 0.795. The Balaban J connectivity index is 2.93. The molecule has 1 aromatic heterocycles. The molecule has 11 heavy (non-hydrogen) atoms. The average Bonchev–Trinajstić information content (AvgIpc) is 2.36. The quantitative estimate of drug-likeness (QED) is 0.424. The van der Waals surface area contributed by atoms with Crippen LogP contribution in [-0.4, -0.2) is 10.9 Å². The summed E-state index contributed by atoms with van der Waals surface area (Å²) < 4.78 is 0.569. The molecule has 0 aliphatic rings. The Kier molecular flexibility index (Phi) is 2.58. The van der Waals surface area contributed by atoms with Crippen LogP contribution < -0.4 is 0 Å². The fourth-order valence-electron chi connectivity index (χ4n) is 0.436. The minimum atomic E-state index is -0.650. The first kappa shape index (κ1) is 8.19. The Morgan fingerprint density at radius 3 is 3.09 bits per heavy atom. The molecule has 0 fully saturated rings. The Bertz CT molecular complexity index is 329. The monoisotopic (exact) mass is 232 g/mol. The number of hydrogen-bond acceptors (Lipinski definition) is 3. The van der Waals surface area contributed by atoms with E-state index in [1.807, 2.05) is 0 Å². The topological polar surface area (TPSA) is 78.7 Å². The van der Waals surface area contributed by atoms with Crippen LogP contribution in [0.1, 0.15) is 9.80 Å². The lowest BCUT2D eigenvalue weighted by Gasteiger charge is -1.80. The summed E-state index contributed by atoms with van der Waals surface area (Å²) in [5.74, 6) is -0.650. The van der Waals surface area contributed by atoms with Gasteiger partial charge in [0.1, 0.15) is 4.60 Å². The number of rotatable bonds is 1. The van der Waals surface area contributed by atoms with Gasteiger partial charge in [0.05, 0.1) is 0 Å². The van der Waals surface area contributed by atoms with E-state index in [-0.39, 0.29) is 5.01 Å². The van der Waals surface area contributed by atoms with Crippen molar-refractivity contribution in [2.45, 2.75) is 0 Å². The molecule has 1 aromatic rings. The molecule has 0 aliphatic carbocycles. The number of carbonyl (C=O) groups excluding carboxylic acids is 1. The fourth-order valence-corrected chi connectivity index (χ4v) is 1.57. The van der Waals surface area contributed by atoms with Crippen LogP contribution >= 0.6 is 27.3 Å². The molecule has 0 atom stereocenters. The predicted octanol–water partition coefficient (Wildman–Crippen LogP) is 2.36. The minimum Gasteiger partial charge on any atom is -0.284 e. The van der Waals surface area contributed by atoms with Crippen molar-refractivity contribution < 1.29 is 4.79 Å². The molecule has 0 bridgehead atoms. The normalized spacial score (nSPS) is 8.82. The van der Waals surface area contributed by atoms with Crippen molar-refractivity contribution in [2.75, 3.05) is 0 Å². The smallest absolute Gasteiger partial charge is 0.277 e. The van der Waals surface area contributed by atoms with Crippen LogP contribution in [0.5, 0.6) is 0 Å². The lowest BCUT2D eigenvalue weighted by Crippen LogP contribution is -1.90. The predicted molar refractivity (Wildman–Crippen MR) is 43.3 cm³/mol. The van der Waals surface area contributed by atoms with E-state index in [1.165, 1.54) is 0 Å². The van der Waals surface area contributed by atoms with Gasteiger partial charge in [-0.1, -0.05) is 0 Å². The maximum atomic E-state index is 10.8. The van der Waals surface area contributed by atoms with Crippen LogP contribution in [0.15, 0.2) is 15.1 Å². The van der Waals surface area contributed by atoms with E-state index < -0.39 is 5.91 Å². The van der Waals surface area contributed by atoms with Crippen LogP contribution in [0, 0.1) is 0 Å². The molecule has 1 heterocycles. The molecule has 7 heteroatoms. The molecular weight excluding hydrogens is 232 g/mol. The average molecular weight is 233 g/mol. The van der Waals surface area contributed by atoms with Gasteiger partial charge in [0.15, 0.2) is 5.01 Å². The van der Waals surface area contributed by atoms with Gasteiger partial charge < -0.3 is 0 Å². The summed E-state index contributed by atoms with van der Waals surface area (Å²) >= 11 is 4.19. The van der Waals surface area contributed by atoms with E-state index in [1.54, 1.807) is 5.38 Å². The van der Waals surface area contributed by atoms with Gasteiger partial charge in [-0.25, -0.2) is 4.98 Å². The number of carbonyl (C=O) groups is 1.